The molecule has 0 radical (unpaired) electrons. The fraction of sp³-hybridized carbons (Fsp3) is 1.00. The second-order valence-corrected chi connectivity index (χ2v) is 3.33. The van der Waals surface area contributed by atoms with Gasteiger partial charge < -0.3 is 14.5 Å². The lowest BCUT2D eigenvalue weighted by molar-refractivity contribution is 0.149. The summed E-state index contributed by atoms with van der Waals surface area (Å²) in [6.07, 6.45) is 0. The quantitative estimate of drug-likeness (QED) is 0.536. The molecule has 0 saturated carbocycles. The summed E-state index contributed by atoms with van der Waals surface area (Å²) >= 11 is 0. The van der Waals surface area contributed by atoms with Crippen molar-refractivity contribution in [3.63, 3.8) is 0 Å². The highest BCUT2D eigenvalue weighted by atomic mass is 31.2. The second-order valence-electron chi connectivity index (χ2n) is 1.42. The third-order valence-electron chi connectivity index (χ3n) is 0.815. The molecule has 2 N–H and O–H groups in total. The zero-order chi connectivity index (χ0) is 6.78. The average molecular weight is 140 g/mol. The Morgan fingerprint density at radius 2 is 2.00 bits per heavy atom. The van der Waals surface area contributed by atoms with Crippen LogP contribution in [0, 0.1) is 0 Å². The molecule has 0 aliphatic rings. The van der Waals surface area contributed by atoms with Crippen LogP contribution in [0.15, 0.2) is 0 Å². The maximum atomic E-state index is 10.1. The summed E-state index contributed by atoms with van der Waals surface area (Å²) in [5, 5.41) is 0. The molecule has 0 aromatic heterocycles. The van der Waals surface area contributed by atoms with Crippen LogP contribution in [-0.2, 0) is 9.30 Å². The number of hydrogen-bond acceptors (Lipinski definition) is 2. The molecule has 1 unspecified atom stereocenters. The number of hydrogen-bond donors (Lipinski definition) is 2. The lowest BCUT2D eigenvalue weighted by atomic mass is 10.9. The topological polar surface area (TPSA) is 66.8 Å². The van der Waals surface area contributed by atoms with E-state index in [0.29, 0.717) is 0 Å². The fourth-order valence-corrected chi connectivity index (χ4v) is 0.412. The Bertz CT molecular complexity index is 106. The second kappa shape index (κ2) is 2.60. The van der Waals surface area contributed by atoms with E-state index >= 15 is 0 Å². The zero-order valence-electron chi connectivity index (χ0n) is 4.74. The van der Waals surface area contributed by atoms with Crippen LogP contribution < -0.4 is 0 Å². The summed E-state index contributed by atoms with van der Waals surface area (Å²) in [6, 6.07) is 0. The minimum absolute atomic E-state index is 0.984. The maximum Gasteiger partial charge on any atom is 0.353 e. The largest absolute Gasteiger partial charge is 0.369 e. The molecule has 4 nitrogen and oxygen atoms in total. The molecule has 50 valence electrons. The predicted octanol–water partition coefficient (Wildman–Crippen LogP) is 0.156. The van der Waals surface area contributed by atoms with E-state index in [2.05, 4.69) is 4.74 Å². The average Bonchev–Trinajstić information content (AvgIpc) is 1.62. The van der Waals surface area contributed by atoms with Gasteiger partial charge in [-0.2, -0.15) is 0 Å². The molecule has 0 spiro atoms. The van der Waals surface area contributed by atoms with Crippen LogP contribution in [0.2, 0.25) is 0 Å². The third-order valence-corrected chi connectivity index (χ3v) is 1.97. The van der Waals surface area contributed by atoms with Crippen molar-refractivity contribution < 1.29 is 19.1 Å². The Kier molecular flexibility index (Phi) is 2.63. The van der Waals surface area contributed by atoms with Gasteiger partial charge in [-0.05, 0) is 6.92 Å². The van der Waals surface area contributed by atoms with Crippen molar-refractivity contribution in [2.24, 2.45) is 0 Å². The molecule has 0 aliphatic heterocycles. The van der Waals surface area contributed by atoms with E-state index in [0.717, 1.165) is 0 Å². The van der Waals surface area contributed by atoms with Crippen molar-refractivity contribution in [2.45, 2.75) is 12.8 Å². The molecule has 0 aromatic carbocycles. The van der Waals surface area contributed by atoms with E-state index in [1.54, 1.807) is 0 Å². The van der Waals surface area contributed by atoms with E-state index in [1.165, 1.54) is 14.0 Å². The predicted molar refractivity (Wildman–Crippen MR) is 28.5 cm³/mol. The van der Waals surface area contributed by atoms with Gasteiger partial charge in [0.05, 0.1) is 0 Å². The van der Waals surface area contributed by atoms with Crippen molar-refractivity contribution >= 4 is 7.60 Å². The smallest absolute Gasteiger partial charge is 0.353 e. The molecular formula is C3H9O4P. The van der Waals surface area contributed by atoms with Crippen LogP contribution in [-0.4, -0.2) is 22.7 Å². The molecule has 5 heteroatoms. The van der Waals surface area contributed by atoms with Crippen LogP contribution in [0.4, 0.5) is 0 Å². The molecule has 0 aliphatic carbocycles. The van der Waals surface area contributed by atoms with Gasteiger partial charge in [0.15, 0.2) is 5.85 Å². The molecule has 8 heavy (non-hydrogen) atoms. The Balaban J connectivity index is 3.82. The van der Waals surface area contributed by atoms with E-state index in [9.17, 15) is 4.57 Å². The number of rotatable bonds is 2. The first-order valence-corrected chi connectivity index (χ1v) is 3.74. The Hall–Kier alpha value is 0.110. The molecule has 0 saturated heterocycles. The van der Waals surface area contributed by atoms with Gasteiger partial charge in [0.25, 0.3) is 0 Å². The minimum atomic E-state index is -3.98. The molecule has 0 bridgehead atoms. The lowest BCUT2D eigenvalue weighted by Crippen LogP contribution is -2.04. The van der Waals surface area contributed by atoms with Crippen molar-refractivity contribution in [3.8, 4) is 0 Å². The molecular weight excluding hydrogens is 131 g/mol. The molecule has 1 atom stereocenters. The van der Waals surface area contributed by atoms with Crippen LogP contribution in [0.5, 0.6) is 0 Å². The first kappa shape index (κ1) is 8.11. The molecule has 0 rings (SSSR count). The van der Waals surface area contributed by atoms with E-state index in [1.807, 2.05) is 0 Å². The Morgan fingerprint density at radius 3 is 2.00 bits per heavy atom. The van der Waals surface area contributed by atoms with Crippen LogP contribution >= 0.6 is 7.60 Å². The van der Waals surface area contributed by atoms with Crippen molar-refractivity contribution in [1.82, 2.24) is 0 Å². The number of ether oxygens (including phenoxy) is 1. The van der Waals surface area contributed by atoms with Crippen molar-refractivity contribution in [3.05, 3.63) is 0 Å². The van der Waals surface area contributed by atoms with Gasteiger partial charge in [0.1, 0.15) is 0 Å². The standard InChI is InChI=1S/C3H9O4P/c1-3(7-2)8(4,5)6/h3H,1-2H3,(H2,4,5,6). The molecule has 0 amide bonds. The minimum Gasteiger partial charge on any atom is -0.369 e. The van der Waals surface area contributed by atoms with Gasteiger partial charge in [-0.3, -0.25) is 4.57 Å². The summed E-state index contributed by atoms with van der Waals surface area (Å²) in [6.45, 7) is 1.32. The highest BCUT2D eigenvalue weighted by Gasteiger charge is 2.22. The molecule has 0 fully saturated rings. The van der Waals surface area contributed by atoms with Gasteiger partial charge in [-0.1, -0.05) is 0 Å². The van der Waals surface area contributed by atoms with Gasteiger partial charge in [0, 0.05) is 7.11 Å². The summed E-state index contributed by atoms with van der Waals surface area (Å²) in [5.41, 5.74) is 0. The summed E-state index contributed by atoms with van der Waals surface area (Å²) < 4.78 is 14.5. The first-order chi connectivity index (χ1) is 3.48. The van der Waals surface area contributed by atoms with Gasteiger partial charge in [0.2, 0.25) is 0 Å². The lowest BCUT2D eigenvalue weighted by Gasteiger charge is -2.09. The monoisotopic (exact) mass is 140 g/mol. The fourth-order valence-electron chi connectivity index (χ4n) is 0.137. The third kappa shape index (κ3) is 2.43. The van der Waals surface area contributed by atoms with Crippen molar-refractivity contribution in [1.29, 1.82) is 0 Å². The summed E-state index contributed by atoms with van der Waals surface area (Å²) in [7, 11) is -2.73. The Morgan fingerprint density at radius 1 is 1.62 bits per heavy atom. The highest BCUT2D eigenvalue weighted by molar-refractivity contribution is 7.52. The van der Waals surface area contributed by atoms with E-state index in [4.69, 9.17) is 9.79 Å². The van der Waals surface area contributed by atoms with Crippen molar-refractivity contribution in [2.75, 3.05) is 7.11 Å². The zero-order valence-corrected chi connectivity index (χ0v) is 5.63. The van der Waals surface area contributed by atoms with E-state index in [-0.39, 0.29) is 0 Å². The SMILES string of the molecule is COC(C)P(=O)(O)O. The maximum absolute atomic E-state index is 10.1. The van der Waals surface area contributed by atoms with E-state index < -0.39 is 13.4 Å². The number of methoxy groups -OCH3 is 1. The van der Waals surface area contributed by atoms with Crippen LogP contribution in [0.25, 0.3) is 0 Å². The van der Waals surface area contributed by atoms with Gasteiger partial charge in [-0.25, -0.2) is 0 Å². The van der Waals surface area contributed by atoms with Gasteiger partial charge in [-0.15, -0.1) is 0 Å². The summed E-state index contributed by atoms with van der Waals surface area (Å²) in [5.74, 6) is -0.984. The summed E-state index contributed by atoms with van der Waals surface area (Å²) in [4.78, 5) is 16.5. The van der Waals surface area contributed by atoms with Crippen LogP contribution in [0.3, 0.4) is 0 Å². The van der Waals surface area contributed by atoms with Gasteiger partial charge >= 0.3 is 7.60 Å². The molecule has 0 heterocycles. The highest BCUT2D eigenvalue weighted by Crippen LogP contribution is 2.40. The first-order valence-electron chi connectivity index (χ1n) is 2.06. The normalized spacial score (nSPS) is 16.0. The van der Waals surface area contributed by atoms with Crippen LogP contribution in [0.1, 0.15) is 6.92 Å². The Labute approximate surface area is 47.6 Å². The molecule has 0 aromatic rings.